The van der Waals surface area contributed by atoms with Crippen LogP contribution in [0.4, 0.5) is 14.5 Å². The van der Waals surface area contributed by atoms with Gasteiger partial charge < -0.3 is 5.32 Å². The second kappa shape index (κ2) is 6.17. The normalized spacial score (nSPS) is 12.3. The average molecular weight is 337 g/mol. The fourth-order valence-corrected chi connectivity index (χ4v) is 2.51. The van der Waals surface area contributed by atoms with E-state index in [1.165, 1.54) is 18.2 Å². The zero-order chi connectivity index (χ0) is 14.9. The Hall–Kier alpha value is -1.03. The summed E-state index contributed by atoms with van der Waals surface area (Å²) in [5.41, 5.74) is 0.394. The molecule has 0 aromatic heterocycles. The average Bonchev–Trinajstić information content (AvgIpc) is 2.40. The van der Waals surface area contributed by atoms with Gasteiger partial charge in [-0.2, -0.15) is 0 Å². The molecule has 6 heteroatoms. The summed E-state index contributed by atoms with van der Waals surface area (Å²) in [4.78, 5) is 0. The zero-order valence-corrected chi connectivity index (χ0v) is 12.6. The minimum atomic E-state index is -0.673. The molecule has 0 radical (unpaired) electrons. The molecule has 1 atom stereocenters. The minimum absolute atomic E-state index is 0.206. The van der Waals surface area contributed by atoms with Crippen LogP contribution < -0.4 is 5.32 Å². The van der Waals surface area contributed by atoms with E-state index < -0.39 is 17.7 Å². The van der Waals surface area contributed by atoms with E-state index in [1.54, 1.807) is 19.1 Å². The van der Waals surface area contributed by atoms with Gasteiger partial charge >= 0.3 is 0 Å². The highest BCUT2D eigenvalue weighted by Gasteiger charge is 2.17. The third-order valence-electron chi connectivity index (χ3n) is 2.86. The van der Waals surface area contributed by atoms with Crippen molar-refractivity contribution in [3.8, 4) is 0 Å². The Morgan fingerprint density at radius 3 is 2.15 bits per heavy atom. The summed E-state index contributed by atoms with van der Waals surface area (Å²) in [6.45, 7) is 1.72. The maximum absolute atomic E-state index is 13.6. The summed E-state index contributed by atoms with van der Waals surface area (Å²) in [6.07, 6.45) is 0. The number of anilines is 1. The number of nitrogens with one attached hydrogen (secondary N) is 1. The van der Waals surface area contributed by atoms with Gasteiger partial charge in [-0.25, -0.2) is 8.78 Å². The third kappa shape index (κ3) is 3.00. The quantitative estimate of drug-likeness (QED) is 0.668. The van der Waals surface area contributed by atoms with E-state index in [9.17, 15) is 8.78 Å². The van der Waals surface area contributed by atoms with E-state index >= 15 is 0 Å². The Morgan fingerprint density at radius 2 is 1.55 bits per heavy atom. The van der Waals surface area contributed by atoms with Crippen LogP contribution in [0.2, 0.25) is 15.1 Å². The Bertz CT molecular complexity index is 626. The lowest BCUT2D eigenvalue weighted by Crippen LogP contribution is -2.10. The molecule has 2 rings (SSSR count). The van der Waals surface area contributed by atoms with Gasteiger partial charge in [0, 0.05) is 0 Å². The molecule has 0 fully saturated rings. The highest BCUT2D eigenvalue weighted by atomic mass is 35.5. The molecular formula is C14H10Cl3F2N. The first kappa shape index (κ1) is 15.4. The monoisotopic (exact) mass is 335 g/mol. The van der Waals surface area contributed by atoms with E-state index in [2.05, 4.69) is 5.32 Å². The summed E-state index contributed by atoms with van der Waals surface area (Å²) >= 11 is 17.9. The molecule has 0 aliphatic heterocycles. The van der Waals surface area contributed by atoms with Crippen LogP contribution in [-0.2, 0) is 0 Å². The Kier molecular flexibility index (Phi) is 4.74. The standard InChI is InChI=1S/C14H10Cl3F2N/c1-7(8-5-6-9(15)13(17)12(8)16)20-14-10(18)3-2-4-11(14)19/h2-7,20H,1H3. The van der Waals surface area contributed by atoms with E-state index in [0.29, 0.717) is 10.6 Å². The van der Waals surface area contributed by atoms with Gasteiger partial charge in [-0.15, -0.1) is 0 Å². The maximum Gasteiger partial charge on any atom is 0.149 e. The van der Waals surface area contributed by atoms with Crippen LogP contribution in [0.3, 0.4) is 0 Å². The fourth-order valence-electron chi connectivity index (χ4n) is 1.81. The number of rotatable bonds is 3. The second-order valence-electron chi connectivity index (χ2n) is 4.23. The van der Waals surface area contributed by atoms with E-state index in [-0.39, 0.29) is 15.7 Å². The van der Waals surface area contributed by atoms with Gasteiger partial charge in [-0.1, -0.05) is 46.9 Å². The Labute approximate surface area is 130 Å². The zero-order valence-electron chi connectivity index (χ0n) is 10.4. The molecule has 0 amide bonds. The molecule has 1 unspecified atom stereocenters. The summed E-state index contributed by atoms with van der Waals surface area (Å²) < 4.78 is 27.2. The van der Waals surface area contributed by atoms with E-state index in [0.717, 1.165) is 0 Å². The second-order valence-corrected chi connectivity index (χ2v) is 5.39. The predicted molar refractivity (Wildman–Crippen MR) is 79.9 cm³/mol. The molecule has 0 heterocycles. The molecule has 0 aliphatic carbocycles. The van der Waals surface area contributed by atoms with Crippen LogP contribution in [0.25, 0.3) is 0 Å². The predicted octanol–water partition coefficient (Wildman–Crippen LogP) is 6.10. The van der Waals surface area contributed by atoms with Crippen molar-refractivity contribution < 1.29 is 8.78 Å². The smallest absolute Gasteiger partial charge is 0.149 e. The number of hydrogen-bond acceptors (Lipinski definition) is 1. The Balaban J connectivity index is 2.34. The molecule has 106 valence electrons. The molecule has 20 heavy (non-hydrogen) atoms. The number of hydrogen-bond donors (Lipinski definition) is 1. The lowest BCUT2D eigenvalue weighted by atomic mass is 10.1. The van der Waals surface area contributed by atoms with Crippen molar-refractivity contribution in [3.05, 3.63) is 62.6 Å². The van der Waals surface area contributed by atoms with Crippen LogP contribution in [-0.4, -0.2) is 0 Å². The van der Waals surface area contributed by atoms with Crippen LogP contribution in [0.1, 0.15) is 18.5 Å². The molecule has 0 saturated heterocycles. The highest BCUT2D eigenvalue weighted by Crippen LogP contribution is 2.36. The van der Waals surface area contributed by atoms with Gasteiger partial charge in [-0.05, 0) is 30.7 Å². The largest absolute Gasteiger partial charge is 0.374 e. The highest BCUT2D eigenvalue weighted by molar-refractivity contribution is 6.48. The van der Waals surface area contributed by atoms with Crippen molar-refractivity contribution in [1.29, 1.82) is 0 Å². The lowest BCUT2D eigenvalue weighted by Gasteiger charge is -2.18. The van der Waals surface area contributed by atoms with Crippen LogP contribution >= 0.6 is 34.8 Å². The van der Waals surface area contributed by atoms with Gasteiger partial charge in [0.15, 0.2) is 0 Å². The van der Waals surface area contributed by atoms with Crippen molar-refractivity contribution in [2.24, 2.45) is 0 Å². The van der Waals surface area contributed by atoms with Crippen molar-refractivity contribution in [1.82, 2.24) is 0 Å². The first-order valence-corrected chi connectivity index (χ1v) is 6.89. The van der Waals surface area contributed by atoms with E-state index in [4.69, 9.17) is 34.8 Å². The molecule has 1 N–H and O–H groups in total. The number of para-hydroxylation sites is 1. The van der Waals surface area contributed by atoms with Gasteiger partial charge in [0.1, 0.15) is 17.3 Å². The van der Waals surface area contributed by atoms with Crippen molar-refractivity contribution in [2.45, 2.75) is 13.0 Å². The number of halogens is 5. The maximum atomic E-state index is 13.6. The summed E-state index contributed by atoms with van der Waals surface area (Å²) in [5, 5.41) is 3.55. The van der Waals surface area contributed by atoms with Gasteiger partial charge in [0.2, 0.25) is 0 Å². The lowest BCUT2D eigenvalue weighted by molar-refractivity contribution is 0.584. The molecule has 2 aromatic carbocycles. The van der Waals surface area contributed by atoms with Gasteiger partial charge in [0.05, 0.1) is 21.1 Å². The topological polar surface area (TPSA) is 12.0 Å². The van der Waals surface area contributed by atoms with Crippen molar-refractivity contribution >= 4 is 40.5 Å². The fraction of sp³-hybridized carbons (Fsp3) is 0.143. The molecular weight excluding hydrogens is 327 g/mol. The van der Waals surface area contributed by atoms with Gasteiger partial charge in [0.25, 0.3) is 0 Å². The molecule has 0 bridgehead atoms. The summed E-state index contributed by atoms with van der Waals surface area (Å²) in [5.74, 6) is -1.35. The molecule has 2 aromatic rings. The molecule has 1 nitrogen and oxygen atoms in total. The molecule has 0 aliphatic rings. The van der Waals surface area contributed by atoms with E-state index in [1.807, 2.05) is 0 Å². The van der Waals surface area contributed by atoms with Gasteiger partial charge in [-0.3, -0.25) is 0 Å². The van der Waals surface area contributed by atoms with Crippen molar-refractivity contribution in [3.63, 3.8) is 0 Å². The SMILES string of the molecule is CC(Nc1c(F)cccc1F)c1ccc(Cl)c(Cl)c1Cl. The minimum Gasteiger partial charge on any atom is -0.374 e. The first-order valence-electron chi connectivity index (χ1n) is 5.75. The van der Waals surface area contributed by atoms with Crippen LogP contribution in [0.15, 0.2) is 30.3 Å². The number of benzene rings is 2. The Morgan fingerprint density at radius 1 is 0.950 bits per heavy atom. The third-order valence-corrected chi connectivity index (χ3v) is 4.16. The molecule has 0 spiro atoms. The summed E-state index contributed by atoms with van der Waals surface area (Å²) in [7, 11) is 0. The van der Waals surface area contributed by atoms with Crippen LogP contribution in [0, 0.1) is 11.6 Å². The molecule has 0 saturated carbocycles. The van der Waals surface area contributed by atoms with Crippen molar-refractivity contribution in [2.75, 3.05) is 5.32 Å². The first-order chi connectivity index (χ1) is 9.41. The summed E-state index contributed by atoms with van der Waals surface area (Å²) in [6, 6.07) is 6.45. The van der Waals surface area contributed by atoms with Crippen LogP contribution in [0.5, 0.6) is 0 Å².